The second-order valence-electron chi connectivity index (χ2n) is 4.08. The number of fused-ring (bicyclic) bond motifs is 1. The Labute approximate surface area is 104 Å². The Morgan fingerprint density at radius 3 is 3.11 bits per heavy atom. The van der Waals surface area contributed by atoms with Crippen molar-refractivity contribution in [2.45, 2.75) is 5.41 Å². The van der Waals surface area contributed by atoms with Gasteiger partial charge in [-0.05, 0) is 23.8 Å². The molecule has 0 aromatic heterocycles. The molecule has 2 aliphatic rings. The van der Waals surface area contributed by atoms with E-state index in [9.17, 15) is 4.79 Å². The summed E-state index contributed by atoms with van der Waals surface area (Å²) in [6.07, 6.45) is 5.19. The Kier molecular flexibility index (Phi) is 2.26. The van der Waals surface area contributed by atoms with Crippen LogP contribution in [0.5, 0.6) is 5.75 Å². The predicted molar refractivity (Wildman–Crippen MR) is 68.3 cm³/mol. The molecule has 2 heterocycles. The van der Waals surface area contributed by atoms with Crippen LogP contribution >= 0.6 is 0 Å². The summed E-state index contributed by atoms with van der Waals surface area (Å²) in [5, 5.41) is 2.66. The van der Waals surface area contributed by atoms with Crippen LogP contribution < -0.4 is 10.1 Å². The van der Waals surface area contributed by atoms with Gasteiger partial charge in [-0.3, -0.25) is 5.32 Å². The Morgan fingerprint density at radius 2 is 2.28 bits per heavy atom. The molecule has 0 spiro atoms. The van der Waals surface area contributed by atoms with Gasteiger partial charge in [0.2, 0.25) is 0 Å². The molecule has 3 rings (SSSR count). The van der Waals surface area contributed by atoms with E-state index in [0.29, 0.717) is 5.84 Å². The van der Waals surface area contributed by atoms with Crippen molar-refractivity contribution in [3.63, 3.8) is 0 Å². The number of hydrogen-bond acceptors (Lipinski definition) is 3. The summed E-state index contributed by atoms with van der Waals surface area (Å²) in [5.74, 6) is 1.34. The molecule has 5 heteroatoms. The highest BCUT2D eigenvalue weighted by molar-refractivity contribution is 6.21. The van der Waals surface area contributed by atoms with Crippen LogP contribution in [0.15, 0.2) is 46.5 Å². The van der Waals surface area contributed by atoms with Gasteiger partial charge in [-0.1, -0.05) is 12.1 Å². The van der Waals surface area contributed by atoms with Gasteiger partial charge in [0.15, 0.2) is 0 Å². The highest BCUT2D eigenvalue weighted by atomic mass is 16.5. The van der Waals surface area contributed by atoms with Crippen LogP contribution in [0.25, 0.3) is 0 Å². The zero-order valence-corrected chi connectivity index (χ0v) is 9.75. The molecule has 1 N–H and O–H groups in total. The number of benzene rings is 1. The van der Waals surface area contributed by atoms with Crippen molar-refractivity contribution >= 4 is 18.1 Å². The molecule has 0 radical (unpaired) electrons. The van der Waals surface area contributed by atoms with Gasteiger partial charge in [0.1, 0.15) is 17.0 Å². The van der Waals surface area contributed by atoms with Crippen molar-refractivity contribution < 1.29 is 9.53 Å². The van der Waals surface area contributed by atoms with Crippen molar-refractivity contribution in [3.8, 4) is 5.75 Å². The molecule has 0 bridgehead atoms. The first-order chi connectivity index (χ1) is 8.74. The number of carbonyl (C=O) groups excluding carboxylic acids is 1. The van der Waals surface area contributed by atoms with E-state index in [1.54, 1.807) is 19.5 Å². The fraction of sp³-hybridized carbons (Fsp3) is 0.154. The summed E-state index contributed by atoms with van der Waals surface area (Å²) in [5.41, 5.74) is 0.376. The Hall–Kier alpha value is -2.43. The number of amidine groups is 1. The van der Waals surface area contributed by atoms with Gasteiger partial charge in [-0.2, -0.15) is 0 Å². The average molecular weight is 241 g/mol. The maximum atomic E-state index is 11.3. The predicted octanol–water partition coefficient (Wildman–Crippen LogP) is 1.65. The molecule has 2 aliphatic heterocycles. The number of hydrogen-bond donors (Lipinski definition) is 1. The van der Waals surface area contributed by atoms with Gasteiger partial charge in [0.05, 0.1) is 7.11 Å². The molecule has 0 saturated carbocycles. The minimum absolute atomic E-state index is 0.393. The zero-order chi connectivity index (χ0) is 12.6. The van der Waals surface area contributed by atoms with E-state index in [1.165, 1.54) is 0 Å². The smallest absolute Gasteiger partial charge is 0.346 e. The molecule has 18 heavy (non-hydrogen) atoms. The minimum Gasteiger partial charge on any atom is -0.497 e. The zero-order valence-electron chi connectivity index (χ0n) is 9.75. The largest absolute Gasteiger partial charge is 0.497 e. The Balaban J connectivity index is 2.14. The van der Waals surface area contributed by atoms with E-state index in [4.69, 9.17) is 4.74 Å². The van der Waals surface area contributed by atoms with Crippen LogP contribution in [0.4, 0.5) is 4.79 Å². The van der Waals surface area contributed by atoms with Gasteiger partial charge in [-0.25, -0.2) is 14.8 Å². The SMILES string of the molecule is COc1cccc(C23C=CN=C2NC(=O)N=C3)c1. The monoisotopic (exact) mass is 241 g/mol. The fourth-order valence-electron chi connectivity index (χ4n) is 2.14. The summed E-state index contributed by atoms with van der Waals surface area (Å²) in [7, 11) is 1.62. The summed E-state index contributed by atoms with van der Waals surface area (Å²) in [6.45, 7) is 0. The molecular weight excluding hydrogens is 230 g/mol. The summed E-state index contributed by atoms with van der Waals surface area (Å²) >= 11 is 0. The molecule has 90 valence electrons. The second kappa shape index (κ2) is 3.80. The van der Waals surface area contributed by atoms with E-state index in [0.717, 1.165) is 11.3 Å². The summed E-state index contributed by atoms with van der Waals surface area (Å²) in [4.78, 5) is 19.3. The average Bonchev–Trinajstić information content (AvgIpc) is 2.83. The van der Waals surface area contributed by atoms with Crippen molar-refractivity contribution in [3.05, 3.63) is 42.1 Å². The number of urea groups is 1. The minimum atomic E-state index is -0.581. The maximum absolute atomic E-state index is 11.3. The molecule has 2 amide bonds. The normalized spacial score (nSPS) is 24.5. The molecular formula is C13H11N3O2. The van der Waals surface area contributed by atoms with Crippen LogP contribution in [0.2, 0.25) is 0 Å². The van der Waals surface area contributed by atoms with Crippen LogP contribution in [-0.2, 0) is 5.41 Å². The Bertz CT molecular complexity index is 604. The highest BCUT2D eigenvalue weighted by Crippen LogP contribution is 2.32. The van der Waals surface area contributed by atoms with E-state index in [2.05, 4.69) is 15.3 Å². The van der Waals surface area contributed by atoms with E-state index < -0.39 is 11.4 Å². The summed E-state index contributed by atoms with van der Waals surface area (Å²) in [6, 6.07) is 7.24. The van der Waals surface area contributed by atoms with Gasteiger partial charge < -0.3 is 4.74 Å². The lowest BCUT2D eigenvalue weighted by Gasteiger charge is -2.28. The standard InChI is InChI=1S/C13H11N3O2/c1-18-10-4-2-3-9(7-10)13-5-6-14-11(13)16-12(17)15-8-13/h2-8H,1H3,(H,14,16,17). The number of carbonyl (C=O) groups is 1. The van der Waals surface area contributed by atoms with Gasteiger partial charge >= 0.3 is 6.03 Å². The van der Waals surface area contributed by atoms with Crippen LogP contribution in [-0.4, -0.2) is 25.2 Å². The number of rotatable bonds is 2. The third-order valence-electron chi connectivity index (χ3n) is 3.09. The van der Waals surface area contributed by atoms with Gasteiger partial charge in [-0.15, -0.1) is 0 Å². The van der Waals surface area contributed by atoms with Crippen molar-refractivity contribution in [2.24, 2.45) is 9.98 Å². The van der Waals surface area contributed by atoms with E-state index >= 15 is 0 Å². The first-order valence-electron chi connectivity index (χ1n) is 5.51. The van der Waals surface area contributed by atoms with Crippen LogP contribution in [0.3, 0.4) is 0 Å². The van der Waals surface area contributed by atoms with Crippen molar-refractivity contribution in [1.82, 2.24) is 5.32 Å². The highest BCUT2D eigenvalue weighted by Gasteiger charge is 2.40. The molecule has 5 nitrogen and oxygen atoms in total. The molecule has 1 unspecified atom stereocenters. The Morgan fingerprint density at radius 1 is 1.39 bits per heavy atom. The van der Waals surface area contributed by atoms with Crippen LogP contribution in [0.1, 0.15) is 5.56 Å². The molecule has 1 aromatic carbocycles. The lowest BCUT2D eigenvalue weighted by Crippen LogP contribution is -2.48. The van der Waals surface area contributed by atoms with Crippen molar-refractivity contribution in [1.29, 1.82) is 0 Å². The first kappa shape index (κ1) is 10.7. The first-order valence-corrected chi connectivity index (χ1v) is 5.51. The van der Waals surface area contributed by atoms with E-state index in [1.807, 2.05) is 30.3 Å². The van der Waals surface area contributed by atoms with Gasteiger partial charge in [0, 0.05) is 12.4 Å². The maximum Gasteiger partial charge on any atom is 0.346 e. The van der Waals surface area contributed by atoms with Gasteiger partial charge in [0.25, 0.3) is 0 Å². The van der Waals surface area contributed by atoms with Crippen LogP contribution in [0, 0.1) is 0 Å². The summed E-state index contributed by atoms with van der Waals surface area (Å²) < 4.78 is 5.22. The third kappa shape index (κ3) is 1.44. The topological polar surface area (TPSA) is 63.0 Å². The quantitative estimate of drug-likeness (QED) is 0.855. The fourth-order valence-corrected chi connectivity index (χ4v) is 2.14. The number of ether oxygens (including phenoxy) is 1. The number of methoxy groups -OCH3 is 1. The second-order valence-corrected chi connectivity index (χ2v) is 4.08. The lowest BCUT2D eigenvalue weighted by atomic mass is 9.80. The third-order valence-corrected chi connectivity index (χ3v) is 3.09. The number of nitrogens with zero attached hydrogens (tertiary/aromatic N) is 2. The molecule has 0 saturated heterocycles. The number of amides is 2. The molecule has 1 aromatic rings. The van der Waals surface area contributed by atoms with E-state index in [-0.39, 0.29) is 0 Å². The number of aliphatic imine (C=N–C) groups is 2. The molecule has 0 fully saturated rings. The number of nitrogens with one attached hydrogen (secondary N) is 1. The lowest BCUT2D eigenvalue weighted by molar-refractivity contribution is 0.252. The van der Waals surface area contributed by atoms with Crippen molar-refractivity contribution in [2.75, 3.05) is 7.11 Å². The molecule has 0 aliphatic carbocycles. The molecule has 1 atom stereocenters.